The number of cyclic esters (lactones) is 1. The van der Waals surface area contributed by atoms with E-state index in [1.54, 1.807) is 11.0 Å². The molecule has 1 aromatic rings. The van der Waals surface area contributed by atoms with Gasteiger partial charge in [0.1, 0.15) is 0 Å². The van der Waals surface area contributed by atoms with E-state index < -0.39 is 6.09 Å². The molecule has 0 N–H and O–H groups in total. The molecule has 3 amide bonds. The lowest BCUT2D eigenvalue weighted by Gasteiger charge is -2.42. The van der Waals surface area contributed by atoms with Crippen molar-refractivity contribution < 1.29 is 19.1 Å². The predicted octanol–water partition coefficient (Wildman–Crippen LogP) is 0.798. The smallest absolute Gasteiger partial charge is 0.417 e. The number of amides is 3. The normalized spacial score (nSPS) is 19.1. The Morgan fingerprint density at radius 2 is 1.95 bits per heavy atom. The first-order valence-electron chi connectivity index (χ1n) is 6.41. The van der Waals surface area contributed by atoms with Crippen molar-refractivity contribution in [1.82, 2.24) is 9.80 Å². The van der Waals surface area contributed by atoms with Crippen LogP contribution in [-0.4, -0.2) is 53.4 Å². The van der Waals surface area contributed by atoms with Crippen LogP contribution >= 0.6 is 0 Å². The highest BCUT2D eigenvalue weighted by Gasteiger charge is 2.44. The largest absolute Gasteiger partial charge is 0.439 e. The maximum atomic E-state index is 12.3. The topological polar surface area (TPSA) is 66.9 Å². The third kappa shape index (κ3) is 1.93. The van der Waals surface area contributed by atoms with E-state index in [4.69, 9.17) is 0 Å². The Kier molecular flexibility index (Phi) is 2.93. The fraction of sp³-hybridized carbons (Fsp3) is 0.357. The summed E-state index contributed by atoms with van der Waals surface area (Å²) in [5.41, 5.74) is 1.57. The molecule has 20 heavy (non-hydrogen) atoms. The summed E-state index contributed by atoms with van der Waals surface area (Å²) in [5.74, 6) is -0.401. The minimum absolute atomic E-state index is 0.0700. The molecule has 2 saturated heterocycles. The highest BCUT2D eigenvalue weighted by molar-refractivity contribution is 5.99. The molecule has 0 spiro atoms. The maximum Gasteiger partial charge on any atom is 0.417 e. The molecule has 6 heteroatoms. The number of ether oxygens (including phenoxy) is 1. The Balaban J connectivity index is 1.66. The number of imide groups is 1. The highest BCUT2D eigenvalue weighted by Crippen LogP contribution is 2.22. The van der Waals surface area contributed by atoms with Gasteiger partial charge in [-0.1, -0.05) is 18.2 Å². The van der Waals surface area contributed by atoms with Crippen LogP contribution < -0.4 is 0 Å². The molecule has 6 nitrogen and oxygen atoms in total. The van der Waals surface area contributed by atoms with Gasteiger partial charge in [-0.25, -0.2) is 9.69 Å². The van der Waals surface area contributed by atoms with E-state index in [9.17, 15) is 14.4 Å². The third-order valence-electron chi connectivity index (χ3n) is 3.67. The van der Waals surface area contributed by atoms with Crippen molar-refractivity contribution in [3.05, 3.63) is 35.4 Å². The van der Waals surface area contributed by atoms with Gasteiger partial charge in [-0.15, -0.1) is 0 Å². The van der Waals surface area contributed by atoms with Crippen molar-refractivity contribution in [1.29, 1.82) is 0 Å². The molecule has 0 aliphatic carbocycles. The summed E-state index contributed by atoms with van der Waals surface area (Å²) in [7, 11) is 0. The monoisotopic (exact) mass is 274 g/mol. The zero-order chi connectivity index (χ0) is 14.3. The van der Waals surface area contributed by atoms with Gasteiger partial charge >= 0.3 is 6.09 Å². The number of likely N-dealkylation sites (tertiary alicyclic amines) is 1. The second kappa shape index (κ2) is 4.63. The van der Waals surface area contributed by atoms with Crippen LogP contribution in [0, 0.1) is 6.92 Å². The number of hydrogen-bond donors (Lipinski definition) is 0. The summed E-state index contributed by atoms with van der Waals surface area (Å²) in [6, 6.07) is 7.10. The zero-order valence-electron chi connectivity index (χ0n) is 11.0. The Bertz CT molecular complexity index is 577. The molecule has 0 bridgehead atoms. The second-order valence-corrected chi connectivity index (χ2v) is 5.00. The molecular weight excluding hydrogens is 260 g/mol. The van der Waals surface area contributed by atoms with E-state index in [0.29, 0.717) is 18.7 Å². The van der Waals surface area contributed by atoms with Gasteiger partial charge in [0, 0.05) is 18.7 Å². The lowest BCUT2D eigenvalue weighted by Crippen LogP contribution is -2.62. The lowest BCUT2D eigenvalue weighted by molar-refractivity contribution is -0.129. The SMILES string of the molecule is Cc1ccccc1C(=O)N1CC(N2C(=O)COC2=O)C1. The molecule has 1 aromatic carbocycles. The summed E-state index contributed by atoms with van der Waals surface area (Å²) in [6.07, 6.45) is -0.608. The second-order valence-electron chi connectivity index (χ2n) is 5.00. The van der Waals surface area contributed by atoms with Gasteiger partial charge < -0.3 is 9.64 Å². The standard InChI is InChI=1S/C14H14N2O4/c1-9-4-2-3-5-11(9)13(18)15-6-10(7-15)16-12(17)8-20-14(16)19/h2-5,10H,6-8H2,1H3. The van der Waals surface area contributed by atoms with Crippen LogP contribution in [0.4, 0.5) is 4.79 Å². The first-order chi connectivity index (χ1) is 9.58. The van der Waals surface area contributed by atoms with E-state index in [2.05, 4.69) is 4.74 Å². The van der Waals surface area contributed by atoms with Gasteiger partial charge in [0.25, 0.3) is 11.8 Å². The Morgan fingerprint density at radius 3 is 2.55 bits per heavy atom. The first-order valence-corrected chi connectivity index (χ1v) is 6.41. The van der Waals surface area contributed by atoms with Crippen LogP contribution in [0.15, 0.2) is 24.3 Å². The Hall–Kier alpha value is -2.37. The Morgan fingerprint density at radius 1 is 1.25 bits per heavy atom. The minimum Gasteiger partial charge on any atom is -0.439 e. The van der Waals surface area contributed by atoms with E-state index in [-0.39, 0.29) is 24.5 Å². The quantitative estimate of drug-likeness (QED) is 0.800. The van der Waals surface area contributed by atoms with Gasteiger partial charge in [0.2, 0.25) is 0 Å². The van der Waals surface area contributed by atoms with Crippen molar-refractivity contribution >= 4 is 17.9 Å². The molecule has 0 atom stereocenters. The average molecular weight is 274 g/mol. The highest BCUT2D eigenvalue weighted by atomic mass is 16.6. The van der Waals surface area contributed by atoms with Crippen molar-refractivity contribution in [2.24, 2.45) is 0 Å². The van der Waals surface area contributed by atoms with Crippen LogP contribution in [-0.2, 0) is 9.53 Å². The summed E-state index contributed by atoms with van der Waals surface area (Å²) in [5, 5.41) is 0. The first kappa shape index (κ1) is 12.7. The lowest BCUT2D eigenvalue weighted by atomic mass is 10.0. The van der Waals surface area contributed by atoms with Crippen LogP contribution in [0.1, 0.15) is 15.9 Å². The van der Waals surface area contributed by atoms with Gasteiger partial charge in [0.05, 0.1) is 6.04 Å². The molecule has 0 radical (unpaired) electrons. The van der Waals surface area contributed by atoms with Crippen LogP contribution in [0.2, 0.25) is 0 Å². The van der Waals surface area contributed by atoms with E-state index in [1.807, 2.05) is 25.1 Å². The average Bonchev–Trinajstić information content (AvgIpc) is 2.69. The van der Waals surface area contributed by atoms with E-state index in [0.717, 1.165) is 10.5 Å². The van der Waals surface area contributed by atoms with Crippen LogP contribution in [0.25, 0.3) is 0 Å². The van der Waals surface area contributed by atoms with Gasteiger partial charge in [-0.2, -0.15) is 0 Å². The predicted molar refractivity (Wildman–Crippen MR) is 69.1 cm³/mol. The summed E-state index contributed by atoms with van der Waals surface area (Å²) >= 11 is 0. The summed E-state index contributed by atoms with van der Waals surface area (Å²) < 4.78 is 4.67. The fourth-order valence-electron chi connectivity index (χ4n) is 2.48. The number of carbonyl (C=O) groups excluding carboxylic acids is 3. The maximum absolute atomic E-state index is 12.3. The Labute approximate surface area is 115 Å². The number of rotatable bonds is 2. The number of benzene rings is 1. The van der Waals surface area contributed by atoms with Crippen molar-refractivity contribution in [3.63, 3.8) is 0 Å². The van der Waals surface area contributed by atoms with Crippen LogP contribution in [0.5, 0.6) is 0 Å². The van der Waals surface area contributed by atoms with Gasteiger partial charge in [-0.05, 0) is 18.6 Å². The molecule has 3 rings (SSSR count). The number of aryl methyl sites for hydroxylation is 1. The number of hydrogen-bond acceptors (Lipinski definition) is 4. The van der Waals surface area contributed by atoms with Gasteiger partial charge in [-0.3, -0.25) is 9.59 Å². The molecule has 2 fully saturated rings. The molecule has 2 aliphatic rings. The third-order valence-corrected chi connectivity index (χ3v) is 3.67. The molecule has 2 aliphatic heterocycles. The molecular formula is C14H14N2O4. The number of nitrogens with zero attached hydrogens (tertiary/aromatic N) is 2. The van der Waals surface area contributed by atoms with Gasteiger partial charge in [0.15, 0.2) is 6.61 Å². The molecule has 104 valence electrons. The number of carbonyl (C=O) groups is 3. The molecule has 0 unspecified atom stereocenters. The van der Waals surface area contributed by atoms with Crippen molar-refractivity contribution in [3.8, 4) is 0 Å². The summed E-state index contributed by atoms with van der Waals surface area (Å²) in [4.78, 5) is 37.9. The van der Waals surface area contributed by atoms with Crippen molar-refractivity contribution in [2.45, 2.75) is 13.0 Å². The van der Waals surface area contributed by atoms with Crippen LogP contribution in [0.3, 0.4) is 0 Å². The fourth-order valence-corrected chi connectivity index (χ4v) is 2.48. The molecule has 0 saturated carbocycles. The zero-order valence-corrected chi connectivity index (χ0v) is 11.0. The van der Waals surface area contributed by atoms with E-state index in [1.165, 1.54) is 0 Å². The molecule has 2 heterocycles. The van der Waals surface area contributed by atoms with E-state index >= 15 is 0 Å². The summed E-state index contributed by atoms with van der Waals surface area (Å²) in [6.45, 7) is 2.43. The minimum atomic E-state index is -0.608. The van der Waals surface area contributed by atoms with Crippen molar-refractivity contribution in [2.75, 3.05) is 19.7 Å². The molecule has 0 aromatic heterocycles.